The first-order valence-electron chi connectivity index (χ1n) is 24.2. The van der Waals surface area contributed by atoms with Crippen molar-refractivity contribution in [2.45, 2.75) is 162 Å². The van der Waals surface area contributed by atoms with E-state index in [-0.39, 0.29) is 25.2 Å². The third-order valence-electron chi connectivity index (χ3n) is 9.68. The third kappa shape index (κ3) is 52.7. The molecule has 0 N–H and O–H groups in total. The molecule has 0 spiro atoms. The van der Waals surface area contributed by atoms with Gasteiger partial charge in [0.2, 0.25) is 0 Å². The predicted octanol–water partition coefficient (Wildman–Crippen LogP) is 9.23. The highest BCUT2D eigenvalue weighted by molar-refractivity contribution is 5.69. The number of ether oxygens (including phenoxy) is 11. The number of hydrogen-bond donors (Lipinski definition) is 0. The molecule has 0 aliphatic rings. The molecule has 0 atom stereocenters. The van der Waals surface area contributed by atoms with Crippen LogP contribution < -0.4 is 0 Å². The van der Waals surface area contributed by atoms with Gasteiger partial charge in [0.05, 0.1) is 119 Å². The van der Waals surface area contributed by atoms with Crippen molar-refractivity contribution in [1.82, 2.24) is 0 Å². The molecule has 0 radical (unpaired) electrons. The summed E-state index contributed by atoms with van der Waals surface area (Å²) in [5.41, 5.74) is 0. The van der Waals surface area contributed by atoms with Gasteiger partial charge in [-0.25, -0.2) is 0 Å². The smallest absolute Gasteiger partial charge is 0.305 e. The van der Waals surface area contributed by atoms with Crippen molar-refractivity contribution < 1.29 is 61.7 Å². The minimum absolute atomic E-state index is 0.132. The van der Waals surface area contributed by atoms with Crippen LogP contribution >= 0.6 is 0 Å². The van der Waals surface area contributed by atoms with E-state index in [2.05, 4.69) is 13.8 Å². The SMILES string of the molecule is CCCCCCCCCCCCCCCCCC(=O)OCCOCCOCCOCCOCCOCCOCCOCCOCCOCCOC(=O)CCCCCCCC. The van der Waals surface area contributed by atoms with Gasteiger partial charge in [0.25, 0.3) is 0 Å². The molecular formula is C47H92O13. The van der Waals surface area contributed by atoms with Gasteiger partial charge in [-0.05, 0) is 12.8 Å². The summed E-state index contributed by atoms with van der Waals surface area (Å²) in [5, 5.41) is 0. The van der Waals surface area contributed by atoms with Crippen LogP contribution in [0.1, 0.15) is 162 Å². The quantitative estimate of drug-likeness (QED) is 0.0425. The normalized spacial score (nSPS) is 11.4. The average molecular weight is 865 g/mol. The van der Waals surface area contributed by atoms with E-state index >= 15 is 0 Å². The molecule has 0 aliphatic carbocycles. The van der Waals surface area contributed by atoms with Gasteiger partial charge in [-0.2, -0.15) is 0 Å². The van der Waals surface area contributed by atoms with Gasteiger partial charge in [-0.15, -0.1) is 0 Å². The molecule has 13 nitrogen and oxygen atoms in total. The Kier molecular flexibility index (Phi) is 52.4. The molecule has 0 saturated carbocycles. The highest BCUT2D eigenvalue weighted by atomic mass is 16.6. The van der Waals surface area contributed by atoms with Crippen LogP contribution in [0, 0.1) is 0 Å². The largest absolute Gasteiger partial charge is 0.463 e. The maximum absolute atomic E-state index is 11.9. The van der Waals surface area contributed by atoms with Crippen molar-refractivity contribution in [3.05, 3.63) is 0 Å². The van der Waals surface area contributed by atoms with Gasteiger partial charge in [-0.1, -0.05) is 136 Å². The number of rotatable bonds is 53. The summed E-state index contributed by atoms with van der Waals surface area (Å²) in [6.07, 6.45) is 27.6. The predicted molar refractivity (Wildman–Crippen MR) is 237 cm³/mol. The lowest BCUT2D eigenvalue weighted by Crippen LogP contribution is -2.15. The first kappa shape index (κ1) is 58.6. The number of esters is 2. The summed E-state index contributed by atoms with van der Waals surface area (Å²) in [6.45, 7) is 13.5. The monoisotopic (exact) mass is 865 g/mol. The first-order valence-corrected chi connectivity index (χ1v) is 24.2. The molecular weight excluding hydrogens is 773 g/mol. The summed E-state index contributed by atoms with van der Waals surface area (Å²) in [6, 6.07) is 0. The number of carbonyl (C=O) groups is 2. The maximum atomic E-state index is 11.9. The first-order chi connectivity index (χ1) is 29.7. The standard InChI is InChI=1S/C47H92O13/c1-3-5-7-9-11-12-13-14-15-16-17-18-19-21-23-25-47(49)60-45-43-58-41-39-56-37-35-54-33-31-52-29-27-50-26-28-51-30-32-53-34-36-55-38-40-57-42-44-59-46(48)24-22-20-10-8-6-4-2/h3-45H2,1-2H3. The number of unbranched alkanes of at least 4 members (excludes halogenated alkanes) is 19. The molecule has 0 rings (SSSR count). The second kappa shape index (κ2) is 53.7. The van der Waals surface area contributed by atoms with Crippen LogP contribution in [0.25, 0.3) is 0 Å². The fourth-order valence-corrected chi connectivity index (χ4v) is 6.12. The summed E-state index contributed by atoms with van der Waals surface area (Å²) in [5.74, 6) is -0.277. The second-order valence-electron chi connectivity index (χ2n) is 15.2. The summed E-state index contributed by atoms with van der Waals surface area (Å²) >= 11 is 0. The summed E-state index contributed by atoms with van der Waals surface area (Å²) < 4.78 is 59.9. The van der Waals surface area contributed by atoms with Crippen molar-refractivity contribution >= 4 is 11.9 Å². The van der Waals surface area contributed by atoms with Gasteiger partial charge in [0.15, 0.2) is 0 Å². The van der Waals surface area contributed by atoms with Crippen molar-refractivity contribution in [2.24, 2.45) is 0 Å². The summed E-state index contributed by atoms with van der Waals surface area (Å²) in [7, 11) is 0. The Labute approximate surface area is 366 Å². The highest BCUT2D eigenvalue weighted by Crippen LogP contribution is 2.14. The van der Waals surface area contributed by atoms with Gasteiger partial charge < -0.3 is 52.1 Å². The fourth-order valence-electron chi connectivity index (χ4n) is 6.12. The summed E-state index contributed by atoms with van der Waals surface area (Å²) in [4.78, 5) is 23.6. The Balaban J connectivity index is 3.15. The van der Waals surface area contributed by atoms with Crippen molar-refractivity contribution in [2.75, 3.05) is 132 Å². The van der Waals surface area contributed by atoms with Crippen LogP contribution in [-0.4, -0.2) is 144 Å². The molecule has 358 valence electrons. The van der Waals surface area contributed by atoms with Crippen LogP contribution in [0.5, 0.6) is 0 Å². The van der Waals surface area contributed by atoms with Crippen molar-refractivity contribution in [1.29, 1.82) is 0 Å². The van der Waals surface area contributed by atoms with E-state index in [1.807, 2.05) is 0 Å². The Hall–Kier alpha value is -1.42. The second-order valence-corrected chi connectivity index (χ2v) is 15.2. The zero-order chi connectivity index (χ0) is 43.3. The van der Waals surface area contributed by atoms with Crippen LogP contribution in [0.3, 0.4) is 0 Å². The van der Waals surface area contributed by atoms with Crippen LogP contribution in [0.4, 0.5) is 0 Å². The molecule has 0 aromatic heterocycles. The minimum atomic E-state index is -0.145. The van der Waals surface area contributed by atoms with Gasteiger partial charge in [0, 0.05) is 12.8 Å². The molecule has 0 heterocycles. The molecule has 0 unspecified atom stereocenters. The van der Waals surface area contributed by atoms with E-state index < -0.39 is 0 Å². The average Bonchev–Trinajstić information content (AvgIpc) is 3.25. The number of hydrogen-bond acceptors (Lipinski definition) is 13. The zero-order valence-corrected chi connectivity index (χ0v) is 38.7. The molecule has 0 aliphatic heterocycles. The van der Waals surface area contributed by atoms with E-state index in [4.69, 9.17) is 52.1 Å². The van der Waals surface area contributed by atoms with E-state index in [1.54, 1.807) is 0 Å². The third-order valence-corrected chi connectivity index (χ3v) is 9.68. The molecule has 0 amide bonds. The van der Waals surface area contributed by atoms with Crippen molar-refractivity contribution in [3.8, 4) is 0 Å². The van der Waals surface area contributed by atoms with Crippen molar-refractivity contribution in [3.63, 3.8) is 0 Å². The lowest BCUT2D eigenvalue weighted by Gasteiger charge is -2.09. The van der Waals surface area contributed by atoms with Gasteiger partial charge >= 0.3 is 11.9 Å². The van der Waals surface area contributed by atoms with E-state index in [9.17, 15) is 9.59 Å². The molecule has 0 fully saturated rings. The minimum Gasteiger partial charge on any atom is -0.463 e. The topological polar surface area (TPSA) is 136 Å². The van der Waals surface area contributed by atoms with E-state index in [0.29, 0.717) is 132 Å². The fraction of sp³-hybridized carbons (Fsp3) is 0.957. The Morgan fingerprint density at radius 2 is 0.400 bits per heavy atom. The van der Waals surface area contributed by atoms with Gasteiger partial charge in [-0.3, -0.25) is 9.59 Å². The Bertz CT molecular complexity index is 835. The molecule has 0 saturated heterocycles. The molecule has 0 aromatic carbocycles. The van der Waals surface area contributed by atoms with Crippen LogP contribution in [-0.2, 0) is 61.7 Å². The van der Waals surface area contributed by atoms with E-state index in [0.717, 1.165) is 25.7 Å². The van der Waals surface area contributed by atoms with Gasteiger partial charge in [0.1, 0.15) is 13.2 Å². The molecule has 0 aromatic rings. The van der Waals surface area contributed by atoms with Crippen LogP contribution in [0.15, 0.2) is 0 Å². The number of carbonyl (C=O) groups excluding carboxylic acids is 2. The van der Waals surface area contributed by atoms with E-state index in [1.165, 1.54) is 109 Å². The molecule has 0 bridgehead atoms. The van der Waals surface area contributed by atoms with Crippen LogP contribution in [0.2, 0.25) is 0 Å². The molecule has 60 heavy (non-hydrogen) atoms. The highest BCUT2D eigenvalue weighted by Gasteiger charge is 2.04. The molecule has 13 heteroatoms. The maximum Gasteiger partial charge on any atom is 0.305 e. The zero-order valence-electron chi connectivity index (χ0n) is 38.7. The lowest BCUT2D eigenvalue weighted by molar-refractivity contribution is -0.146. The Morgan fingerprint density at radius 1 is 0.233 bits per heavy atom. The lowest BCUT2D eigenvalue weighted by atomic mass is 10.0. The Morgan fingerprint density at radius 3 is 0.600 bits per heavy atom.